The molecular formula is C10H10ClN3O. The van der Waals surface area contributed by atoms with Crippen LogP contribution in [-0.4, -0.2) is 14.8 Å². The van der Waals surface area contributed by atoms with Gasteiger partial charge < -0.3 is 4.74 Å². The molecule has 15 heavy (non-hydrogen) atoms. The van der Waals surface area contributed by atoms with E-state index in [0.29, 0.717) is 17.4 Å². The normalized spacial score (nSPS) is 10.3. The molecule has 5 heteroatoms. The fourth-order valence-corrected chi connectivity index (χ4v) is 1.39. The lowest BCUT2D eigenvalue weighted by molar-refractivity contribution is 0.477. The number of pyridine rings is 1. The van der Waals surface area contributed by atoms with Gasteiger partial charge in [0.25, 0.3) is 0 Å². The van der Waals surface area contributed by atoms with Crippen LogP contribution < -0.4 is 4.74 Å². The summed E-state index contributed by atoms with van der Waals surface area (Å²) in [5, 5.41) is 4.01. The minimum atomic E-state index is 0.378. The van der Waals surface area contributed by atoms with Crippen LogP contribution in [0.15, 0.2) is 30.9 Å². The second-order valence-electron chi connectivity index (χ2n) is 3.07. The van der Waals surface area contributed by atoms with E-state index in [-0.39, 0.29) is 0 Å². The molecule has 0 fully saturated rings. The Balaban J connectivity index is 2.23. The van der Waals surface area contributed by atoms with E-state index in [4.69, 9.17) is 16.3 Å². The molecule has 2 aromatic rings. The molecule has 0 N–H and O–H groups in total. The van der Waals surface area contributed by atoms with Crippen molar-refractivity contribution in [3.8, 4) is 11.5 Å². The lowest BCUT2D eigenvalue weighted by Crippen LogP contribution is -1.89. The smallest absolute Gasteiger partial charge is 0.165 e. The van der Waals surface area contributed by atoms with Crippen molar-refractivity contribution in [2.24, 2.45) is 7.05 Å². The average molecular weight is 224 g/mol. The van der Waals surface area contributed by atoms with Crippen LogP contribution in [0.4, 0.5) is 0 Å². The van der Waals surface area contributed by atoms with Gasteiger partial charge in [-0.3, -0.25) is 9.67 Å². The van der Waals surface area contributed by atoms with Crippen molar-refractivity contribution >= 4 is 11.6 Å². The Morgan fingerprint density at radius 1 is 1.47 bits per heavy atom. The number of aromatic nitrogens is 3. The van der Waals surface area contributed by atoms with E-state index in [1.165, 1.54) is 0 Å². The second-order valence-corrected chi connectivity index (χ2v) is 3.34. The van der Waals surface area contributed by atoms with Crippen LogP contribution in [0.3, 0.4) is 0 Å². The molecule has 0 amide bonds. The number of nitrogens with zero attached hydrogens (tertiary/aromatic N) is 3. The highest BCUT2D eigenvalue weighted by atomic mass is 35.5. The maximum atomic E-state index is 5.76. The highest BCUT2D eigenvalue weighted by molar-refractivity contribution is 6.17. The minimum Gasteiger partial charge on any atom is -0.454 e. The number of aryl methyl sites for hydroxylation is 1. The Hall–Kier alpha value is -1.55. The summed E-state index contributed by atoms with van der Waals surface area (Å²) in [6.45, 7) is 0. The van der Waals surface area contributed by atoms with Crippen LogP contribution >= 0.6 is 11.6 Å². The maximum absolute atomic E-state index is 5.76. The molecular weight excluding hydrogens is 214 g/mol. The molecule has 0 aliphatic rings. The molecule has 2 aromatic heterocycles. The highest BCUT2D eigenvalue weighted by Crippen LogP contribution is 2.24. The van der Waals surface area contributed by atoms with Gasteiger partial charge in [-0.05, 0) is 6.07 Å². The number of hydrogen-bond acceptors (Lipinski definition) is 3. The van der Waals surface area contributed by atoms with Gasteiger partial charge in [0.15, 0.2) is 5.75 Å². The van der Waals surface area contributed by atoms with Crippen LogP contribution in [-0.2, 0) is 12.9 Å². The van der Waals surface area contributed by atoms with Crippen molar-refractivity contribution < 1.29 is 4.74 Å². The minimum absolute atomic E-state index is 0.378. The fraction of sp³-hybridized carbons (Fsp3) is 0.200. The van der Waals surface area contributed by atoms with E-state index in [1.54, 1.807) is 35.5 Å². The molecule has 0 aliphatic carbocycles. The predicted octanol–water partition coefficient (Wildman–Crippen LogP) is 2.35. The molecule has 0 atom stereocenters. The lowest BCUT2D eigenvalue weighted by atomic mass is 10.3. The van der Waals surface area contributed by atoms with Crippen LogP contribution in [0.5, 0.6) is 11.5 Å². The lowest BCUT2D eigenvalue weighted by Gasteiger charge is -2.05. The number of ether oxygens (including phenoxy) is 1. The predicted molar refractivity (Wildman–Crippen MR) is 57.1 cm³/mol. The summed E-state index contributed by atoms with van der Waals surface area (Å²) in [7, 11) is 1.84. The standard InChI is InChI=1S/C10H10ClN3O/c1-14-7-9(6-13-14)15-10-2-3-12-5-8(10)4-11/h2-3,5-7H,4H2,1H3. The number of alkyl halides is 1. The highest BCUT2D eigenvalue weighted by Gasteiger charge is 2.04. The van der Waals surface area contributed by atoms with E-state index in [0.717, 1.165) is 5.56 Å². The molecule has 0 bridgehead atoms. The molecule has 0 aromatic carbocycles. The quantitative estimate of drug-likeness (QED) is 0.750. The summed E-state index contributed by atoms with van der Waals surface area (Å²) >= 11 is 5.76. The van der Waals surface area contributed by atoms with Gasteiger partial charge in [-0.2, -0.15) is 5.10 Å². The monoisotopic (exact) mass is 223 g/mol. The van der Waals surface area contributed by atoms with Crippen molar-refractivity contribution in [3.05, 3.63) is 36.4 Å². The van der Waals surface area contributed by atoms with Gasteiger partial charge in [-0.1, -0.05) is 0 Å². The molecule has 78 valence electrons. The van der Waals surface area contributed by atoms with Crippen LogP contribution in [0.2, 0.25) is 0 Å². The van der Waals surface area contributed by atoms with E-state index < -0.39 is 0 Å². The molecule has 2 heterocycles. The van der Waals surface area contributed by atoms with Gasteiger partial charge in [0, 0.05) is 25.0 Å². The summed E-state index contributed by atoms with van der Waals surface area (Å²) < 4.78 is 7.29. The Morgan fingerprint density at radius 3 is 3.00 bits per heavy atom. The van der Waals surface area contributed by atoms with Crippen LogP contribution in [0.25, 0.3) is 0 Å². The van der Waals surface area contributed by atoms with Gasteiger partial charge >= 0.3 is 0 Å². The Labute approximate surface area is 92.5 Å². The summed E-state index contributed by atoms with van der Waals surface area (Å²) in [5.41, 5.74) is 0.864. The number of halogens is 1. The molecule has 0 aliphatic heterocycles. The third kappa shape index (κ3) is 2.27. The summed E-state index contributed by atoms with van der Waals surface area (Å²) in [6.07, 6.45) is 6.80. The van der Waals surface area contributed by atoms with E-state index in [2.05, 4.69) is 10.1 Å². The SMILES string of the molecule is Cn1cc(Oc2ccncc2CCl)cn1. The van der Waals surface area contributed by atoms with Crippen LogP contribution in [0.1, 0.15) is 5.56 Å². The molecule has 2 rings (SSSR count). The topological polar surface area (TPSA) is 39.9 Å². The second kappa shape index (κ2) is 4.31. The molecule has 0 saturated carbocycles. The first-order valence-corrected chi connectivity index (χ1v) is 4.98. The number of rotatable bonds is 3. The molecule has 0 saturated heterocycles. The fourth-order valence-electron chi connectivity index (χ4n) is 1.19. The zero-order chi connectivity index (χ0) is 10.7. The summed E-state index contributed by atoms with van der Waals surface area (Å²) in [5.74, 6) is 1.78. The van der Waals surface area contributed by atoms with Gasteiger partial charge in [-0.25, -0.2) is 0 Å². The van der Waals surface area contributed by atoms with Crippen molar-refractivity contribution in [3.63, 3.8) is 0 Å². The third-order valence-corrected chi connectivity index (χ3v) is 2.20. The summed E-state index contributed by atoms with van der Waals surface area (Å²) in [4.78, 5) is 3.98. The third-order valence-electron chi connectivity index (χ3n) is 1.91. The first-order chi connectivity index (χ1) is 7.29. The van der Waals surface area contributed by atoms with Crippen molar-refractivity contribution in [1.29, 1.82) is 0 Å². The first-order valence-electron chi connectivity index (χ1n) is 4.45. The van der Waals surface area contributed by atoms with Gasteiger partial charge in [0.2, 0.25) is 0 Å². The van der Waals surface area contributed by atoms with Gasteiger partial charge in [0.05, 0.1) is 18.3 Å². The van der Waals surface area contributed by atoms with Crippen molar-refractivity contribution in [2.45, 2.75) is 5.88 Å². The molecule has 0 spiro atoms. The zero-order valence-electron chi connectivity index (χ0n) is 8.22. The molecule has 4 nitrogen and oxygen atoms in total. The first kappa shape index (κ1) is 9.98. The Kier molecular flexibility index (Phi) is 2.87. The van der Waals surface area contributed by atoms with Crippen LogP contribution in [0, 0.1) is 0 Å². The van der Waals surface area contributed by atoms with E-state index >= 15 is 0 Å². The van der Waals surface area contributed by atoms with E-state index in [9.17, 15) is 0 Å². The van der Waals surface area contributed by atoms with Crippen molar-refractivity contribution in [2.75, 3.05) is 0 Å². The maximum Gasteiger partial charge on any atom is 0.165 e. The average Bonchev–Trinajstić information content (AvgIpc) is 2.65. The molecule has 0 unspecified atom stereocenters. The summed E-state index contributed by atoms with van der Waals surface area (Å²) in [6, 6.07) is 1.78. The van der Waals surface area contributed by atoms with Crippen molar-refractivity contribution in [1.82, 2.24) is 14.8 Å². The molecule has 0 radical (unpaired) electrons. The number of hydrogen-bond donors (Lipinski definition) is 0. The Morgan fingerprint density at radius 2 is 2.33 bits per heavy atom. The van der Waals surface area contributed by atoms with E-state index in [1.807, 2.05) is 7.05 Å². The zero-order valence-corrected chi connectivity index (χ0v) is 8.98. The van der Waals surface area contributed by atoms with Gasteiger partial charge in [-0.15, -0.1) is 11.6 Å². The largest absolute Gasteiger partial charge is 0.454 e. The Bertz CT molecular complexity index is 455. The van der Waals surface area contributed by atoms with Gasteiger partial charge in [0.1, 0.15) is 5.75 Å².